The summed E-state index contributed by atoms with van der Waals surface area (Å²) in [7, 11) is -4.94. The van der Waals surface area contributed by atoms with Crippen LogP contribution in [0.5, 0.6) is 11.5 Å². The zero-order valence-corrected chi connectivity index (χ0v) is 19.6. The van der Waals surface area contributed by atoms with Crippen LogP contribution in [0, 0.1) is 10.2 Å². The fourth-order valence-corrected chi connectivity index (χ4v) is 4.21. The molecule has 0 bridgehead atoms. The van der Waals surface area contributed by atoms with E-state index in [2.05, 4.69) is 37.6 Å². The first-order valence-corrected chi connectivity index (χ1v) is 12.3. The van der Waals surface area contributed by atoms with Gasteiger partial charge < -0.3 is 15.2 Å². The molecule has 0 fully saturated rings. The number of para-hydroxylation sites is 1. The molecule has 35 heavy (non-hydrogen) atoms. The van der Waals surface area contributed by atoms with E-state index in [1.165, 1.54) is 11.3 Å². The highest BCUT2D eigenvalue weighted by Crippen LogP contribution is 2.39. The van der Waals surface area contributed by atoms with Gasteiger partial charge in [0.2, 0.25) is 0 Å². The maximum Gasteiger partial charge on any atom is 0.414 e. The molecular weight excluding hydrogens is 496 g/mol. The van der Waals surface area contributed by atoms with Crippen molar-refractivity contribution in [1.29, 1.82) is 0 Å². The Bertz CT molecular complexity index is 1310. The highest BCUT2D eigenvalue weighted by atomic mass is 35.7. The quantitative estimate of drug-likeness (QED) is 0.301. The molecule has 2 N–H and O–H groups in total. The number of phenols is 1. The van der Waals surface area contributed by atoms with Gasteiger partial charge in [-0.25, -0.2) is 18.6 Å². The number of aromatic hydroxyl groups is 1. The van der Waals surface area contributed by atoms with Crippen LogP contribution in [0.1, 0.15) is 0 Å². The Kier molecular flexibility index (Phi) is 7.56. The van der Waals surface area contributed by atoms with Crippen molar-refractivity contribution in [3.05, 3.63) is 78.2 Å². The smallest absolute Gasteiger partial charge is 0.414 e. The Morgan fingerprint density at radius 2 is 1.60 bits per heavy atom. The fraction of sp³-hybridized carbons (Fsp3) is 0.0870. The number of hydrogen-bond donors (Lipinski definition) is 2. The molecule has 0 amide bonds. The Hall–Kier alpha value is -3.58. The summed E-state index contributed by atoms with van der Waals surface area (Å²) in [6.07, 6.45) is 0. The standard InChI is InChI=1S/C23H18N4O2S.ClHO4/c28-21-13-19-22(29-12-11-24-19)14-18(21)25-26-23-27(17-9-5-2-6-10-17)20(15-30-23)16-7-3-1-4-8-16;2-1(3,4)5/h1-10,13-15H,11-12H2,(H,24,28);(H,2,3,4,5). The van der Waals surface area contributed by atoms with Crippen LogP contribution in [-0.4, -0.2) is 18.3 Å². The van der Waals surface area contributed by atoms with Crippen LogP contribution in [0.25, 0.3) is 16.9 Å². The minimum Gasteiger partial charge on any atom is -0.505 e. The van der Waals surface area contributed by atoms with Crippen LogP contribution in [0.2, 0.25) is 0 Å². The van der Waals surface area contributed by atoms with Crippen LogP contribution in [-0.2, 0) is 0 Å². The topological polar surface area (TPSA) is 162 Å². The average Bonchev–Trinajstić information content (AvgIpc) is 3.27. The lowest BCUT2D eigenvalue weighted by atomic mass is 10.1. The van der Waals surface area contributed by atoms with Gasteiger partial charge in [-0.2, -0.15) is 4.57 Å². The first kappa shape index (κ1) is 24.5. The summed E-state index contributed by atoms with van der Waals surface area (Å²) in [5.41, 5.74) is 4.25. The van der Waals surface area contributed by atoms with E-state index < -0.39 is 10.2 Å². The third kappa shape index (κ3) is 6.51. The molecule has 180 valence electrons. The van der Waals surface area contributed by atoms with E-state index in [1.807, 2.05) is 48.5 Å². The highest BCUT2D eigenvalue weighted by Gasteiger charge is 2.23. The van der Waals surface area contributed by atoms with Crippen molar-refractivity contribution in [3.8, 4) is 28.4 Å². The SMILES string of the molecule is Oc1cc2c(cc1N=Nc1scc(-c3ccccc3)[n+]1-c1ccccc1)OCCN2.[O-][Cl+3]([O-])([O-])[O-]. The van der Waals surface area contributed by atoms with Gasteiger partial charge in [0.25, 0.3) is 0 Å². The van der Waals surface area contributed by atoms with E-state index in [9.17, 15) is 5.11 Å². The summed E-state index contributed by atoms with van der Waals surface area (Å²) < 4.78 is 41.7. The van der Waals surface area contributed by atoms with Gasteiger partial charge in [-0.05, 0) is 28.6 Å². The Balaban J connectivity index is 0.000000527. The Labute approximate surface area is 206 Å². The van der Waals surface area contributed by atoms with Crippen LogP contribution in [0.3, 0.4) is 0 Å². The maximum absolute atomic E-state index is 10.4. The van der Waals surface area contributed by atoms with Gasteiger partial charge in [0.05, 0.1) is 10.8 Å². The Morgan fingerprint density at radius 1 is 0.943 bits per heavy atom. The molecular formula is C23H19ClN4O6S. The summed E-state index contributed by atoms with van der Waals surface area (Å²) in [4.78, 5) is 0. The van der Waals surface area contributed by atoms with E-state index in [-0.39, 0.29) is 5.75 Å². The molecule has 4 aromatic rings. The number of phenolic OH excluding ortho intramolecular Hbond substituents is 1. The molecule has 5 rings (SSSR count). The third-order valence-electron chi connectivity index (χ3n) is 4.79. The molecule has 1 aromatic heterocycles. The van der Waals surface area contributed by atoms with E-state index in [0.29, 0.717) is 29.7 Å². The number of nitrogens with one attached hydrogen (secondary N) is 1. The summed E-state index contributed by atoms with van der Waals surface area (Å²) in [6, 6.07) is 23.6. The largest absolute Gasteiger partial charge is 0.505 e. The van der Waals surface area contributed by atoms with Gasteiger partial charge in [-0.15, -0.1) is 10.2 Å². The summed E-state index contributed by atoms with van der Waals surface area (Å²) >= 11 is 1.50. The number of hydrogen-bond acceptors (Lipinski definition) is 10. The predicted octanol–water partition coefficient (Wildman–Crippen LogP) is 0.861. The van der Waals surface area contributed by atoms with Crippen molar-refractivity contribution < 1.29 is 43.3 Å². The second kappa shape index (κ2) is 10.8. The average molecular weight is 515 g/mol. The van der Waals surface area contributed by atoms with Gasteiger partial charge in [-0.1, -0.05) is 48.5 Å². The molecule has 0 atom stereocenters. The lowest BCUT2D eigenvalue weighted by Gasteiger charge is -2.19. The number of nitrogens with zero attached hydrogens (tertiary/aromatic N) is 3. The second-order valence-corrected chi connectivity index (χ2v) is 8.72. The first-order chi connectivity index (χ1) is 16.8. The van der Waals surface area contributed by atoms with Crippen molar-refractivity contribution in [2.45, 2.75) is 0 Å². The number of benzene rings is 3. The Morgan fingerprint density at radius 3 is 2.29 bits per heavy atom. The number of fused-ring (bicyclic) bond motifs is 1. The second-order valence-electron chi connectivity index (χ2n) is 7.13. The minimum atomic E-state index is -4.94. The fourth-order valence-electron chi connectivity index (χ4n) is 3.36. The van der Waals surface area contributed by atoms with Gasteiger partial charge >= 0.3 is 5.13 Å². The molecule has 1 aliphatic rings. The van der Waals surface area contributed by atoms with Crippen LogP contribution in [0.4, 0.5) is 16.5 Å². The minimum absolute atomic E-state index is 0.0570. The lowest BCUT2D eigenvalue weighted by Crippen LogP contribution is -2.68. The number of aromatic nitrogens is 1. The van der Waals surface area contributed by atoms with Crippen molar-refractivity contribution in [1.82, 2.24) is 0 Å². The van der Waals surface area contributed by atoms with Crippen LogP contribution >= 0.6 is 11.3 Å². The summed E-state index contributed by atoms with van der Waals surface area (Å²) in [6.45, 7) is 1.29. The van der Waals surface area contributed by atoms with E-state index in [0.717, 1.165) is 22.6 Å². The van der Waals surface area contributed by atoms with Crippen molar-refractivity contribution in [2.75, 3.05) is 18.5 Å². The third-order valence-corrected chi connectivity index (χ3v) is 5.60. The highest BCUT2D eigenvalue weighted by molar-refractivity contribution is 7.13. The normalized spacial score (nSPS) is 12.8. The number of halogens is 1. The molecule has 3 aromatic carbocycles. The van der Waals surface area contributed by atoms with Gasteiger partial charge in [0.1, 0.15) is 23.8 Å². The molecule has 10 nitrogen and oxygen atoms in total. The van der Waals surface area contributed by atoms with Crippen molar-refractivity contribution in [3.63, 3.8) is 0 Å². The van der Waals surface area contributed by atoms with Crippen molar-refractivity contribution in [2.24, 2.45) is 10.2 Å². The van der Waals surface area contributed by atoms with Gasteiger partial charge in [0, 0.05) is 29.6 Å². The van der Waals surface area contributed by atoms with Gasteiger partial charge in [0.15, 0.2) is 11.4 Å². The number of azo groups is 1. The molecule has 12 heteroatoms. The number of ether oxygens (including phenoxy) is 1. The van der Waals surface area contributed by atoms with Gasteiger partial charge in [-0.3, -0.25) is 0 Å². The monoisotopic (exact) mass is 514 g/mol. The maximum atomic E-state index is 10.4. The van der Waals surface area contributed by atoms with Crippen molar-refractivity contribution >= 4 is 27.8 Å². The molecule has 0 aliphatic carbocycles. The first-order valence-electron chi connectivity index (χ1n) is 10.2. The number of anilines is 1. The zero-order valence-electron chi connectivity index (χ0n) is 18.0. The molecule has 1 aliphatic heterocycles. The van der Waals surface area contributed by atoms with E-state index in [1.54, 1.807) is 12.1 Å². The summed E-state index contributed by atoms with van der Waals surface area (Å²) in [5, 5.41) is 25.1. The molecule has 0 radical (unpaired) electrons. The van der Waals surface area contributed by atoms with Crippen LogP contribution in [0.15, 0.2) is 88.4 Å². The molecule has 0 unspecified atom stereocenters. The predicted molar refractivity (Wildman–Crippen MR) is 118 cm³/mol. The molecule has 0 spiro atoms. The molecule has 0 saturated heterocycles. The summed E-state index contributed by atoms with van der Waals surface area (Å²) in [5.74, 6) is 0.724. The molecule has 2 heterocycles. The zero-order chi connectivity index (χ0) is 24.8. The number of rotatable bonds is 4. The van der Waals surface area contributed by atoms with E-state index in [4.69, 9.17) is 23.4 Å². The molecule has 0 saturated carbocycles. The number of thiazole rings is 1. The van der Waals surface area contributed by atoms with Crippen LogP contribution < -0.4 is 33.3 Å². The van der Waals surface area contributed by atoms with E-state index >= 15 is 0 Å². The lowest BCUT2D eigenvalue weighted by molar-refractivity contribution is -2.00.